The van der Waals surface area contributed by atoms with Crippen molar-refractivity contribution in [2.75, 3.05) is 18.0 Å². The summed E-state index contributed by atoms with van der Waals surface area (Å²) in [7, 11) is 0. The van der Waals surface area contributed by atoms with Gasteiger partial charge in [0.15, 0.2) is 0 Å². The van der Waals surface area contributed by atoms with Gasteiger partial charge in [0.1, 0.15) is 5.82 Å². The van der Waals surface area contributed by atoms with E-state index in [0.717, 1.165) is 19.5 Å². The third-order valence-corrected chi connectivity index (χ3v) is 4.23. The van der Waals surface area contributed by atoms with Gasteiger partial charge < -0.3 is 10.2 Å². The summed E-state index contributed by atoms with van der Waals surface area (Å²) >= 11 is 0. The van der Waals surface area contributed by atoms with Gasteiger partial charge in [-0.05, 0) is 24.1 Å². The zero-order valence-corrected chi connectivity index (χ0v) is 12.3. The number of hydrogen-bond acceptors (Lipinski definition) is 2. The first kappa shape index (κ1) is 14.1. The van der Waals surface area contributed by atoms with Gasteiger partial charge in [-0.3, -0.25) is 0 Å². The molecule has 1 heterocycles. The van der Waals surface area contributed by atoms with Crippen LogP contribution in [0.2, 0.25) is 0 Å². The first-order chi connectivity index (χ1) is 10.3. The molecule has 110 valence electrons. The van der Waals surface area contributed by atoms with Crippen molar-refractivity contribution >= 4 is 5.69 Å². The van der Waals surface area contributed by atoms with Gasteiger partial charge in [-0.2, -0.15) is 0 Å². The monoisotopic (exact) mass is 284 g/mol. The summed E-state index contributed by atoms with van der Waals surface area (Å²) in [6.45, 7) is 3.84. The fourth-order valence-electron chi connectivity index (χ4n) is 3.02. The third kappa shape index (κ3) is 2.93. The molecule has 0 aromatic heterocycles. The van der Waals surface area contributed by atoms with Crippen LogP contribution in [0.25, 0.3) is 0 Å². The first-order valence-corrected chi connectivity index (χ1v) is 7.59. The average molecular weight is 284 g/mol. The fraction of sp³-hybridized carbons (Fsp3) is 0.333. The van der Waals surface area contributed by atoms with Crippen LogP contribution in [0.5, 0.6) is 0 Å². The normalized spacial score (nSPS) is 22.3. The Balaban J connectivity index is 1.96. The van der Waals surface area contributed by atoms with Gasteiger partial charge >= 0.3 is 0 Å². The number of hydrogen-bond donors (Lipinski definition) is 1. The molecule has 1 N–H and O–H groups in total. The molecule has 2 aromatic carbocycles. The van der Waals surface area contributed by atoms with Crippen molar-refractivity contribution in [1.29, 1.82) is 0 Å². The Hall–Kier alpha value is -1.87. The Labute approximate surface area is 125 Å². The standard InChI is InChI=1S/C18H21FN2/c1-2-15-13-21(17-11-7-6-10-16(17)19)18(12-20-15)14-8-4-3-5-9-14/h3-11,15,18,20H,2,12-13H2,1H3. The number of nitrogens with zero attached hydrogens (tertiary/aromatic N) is 1. The highest BCUT2D eigenvalue weighted by Gasteiger charge is 2.29. The molecule has 0 amide bonds. The Morgan fingerprint density at radius 2 is 1.81 bits per heavy atom. The Morgan fingerprint density at radius 1 is 1.10 bits per heavy atom. The Morgan fingerprint density at radius 3 is 2.52 bits per heavy atom. The van der Waals surface area contributed by atoms with E-state index in [-0.39, 0.29) is 11.9 Å². The van der Waals surface area contributed by atoms with E-state index in [1.54, 1.807) is 12.1 Å². The van der Waals surface area contributed by atoms with E-state index in [0.29, 0.717) is 11.7 Å². The van der Waals surface area contributed by atoms with Gasteiger partial charge in [0, 0.05) is 19.1 Å². The molecule has 2 unspecified atom stereocenters. The smallest absolute Gasteiger partial charge is 0.146 e. The quantitative estimate of drug-likeness (QED) is 0.923. The largest absolute Gasteiger partial charge is 0.359 e. The van der Waals surface area contributed by atoms with E-state index >= 15 is 0 Å². The maximum atomic E-state index is 14.2. The van der Waals surface area contributed by atoms with Crippen molar-refractivity contribution in [2.24, 2.45) is 0 Å². The molecule has 1 fully saturated rings. The second-order valence-corrected chi connectivity index (χ2v) is 5.54. The van der Waals surface area contributed by atoms with E-state index < -0.39 is 0 Å². The lowest BCUT2D eigenvalue weighted by Gasteiger charge is -2.42. The van der Waals surface area contributed by atoms with Crippen LogP contribution in [0, 0.1) is 5.82 Å². The topological polar surface area (TPSA) is 15.3 Å². The van der Waals surface area contributed by atoms with Gasteiger partial charge in [0.25, 0.3) is 0 Å². The summed E-state index contributed by atoms with van der Waals surface area (Å²) in [5, 5.41) is 3.57. The second kappa shape index (κ2) is 6.27. The molecule has 0 saturated carbocycles. The maximum Gasteiger partial charge on any atom is 0.146 e. The van der Waals surface area contributed by atoms with Crippen molar-refractivity contribution in [2.45, 2.75) is 25.4 Å². The lowest BCUT2D eigenvalue weighted by Crippen LogP contribution is -2.52. The van der Waals surface area contributed by atoms with E-state index in [1.807, 2.05) is 30.3 Å². The average Bonchev–Trinajstić information content (AvgIpc) is 2.55. The Kier molecular flexibility index (Phi) is 4.20. The predicted octanol–water partition coefficient (Wildman–Crippen LogP) is 3.76. The molecule has 3 heteroatoms. The summed E-state index contributed by atoms with van der Waals surface area (Å²) in [4.78, 5) is 2.20. The van der Waals surface area contributed by atoms with Crippen molar-refractivity contribution in [3.63, 3.8) is 0 Å². The minimum absolute atomic E-state index is 0.143. The van der Waals surface area contributed by atoms with Crippen LogP contribution in [0.1, 0.15) is 24.9 Å². The number of halogens is 1. The first-order valence-electron chi connectivity index (χ1n) is 7.59. The molecular weight excluding hydrogens is 263 g/mol. The molecule has 0 spiro atoms. The molecule has 21 heavy (non-hydrogen) atoms. The minimum atomic E-state index is -0.143. The van der Waals surface area contributed by atoms with Crippen LogP contribution in [0.3, 0.4) is 0 Å². The molecule has 2 atom stereocenters. The van der Waals surface area contributed by atoms with E-state index in [2.05, 4.69) is 29.3 Å². The molecule has 1 saturated heterocycles. The SMILES string of the molecule is CCC1CN(c2ccccc2F)C(c2ccccc2)CN1. The van der Waals surface area contributed by atoms with Crippen molar-refractivity contribution in [3.05, 3.63) is 66.0 Å². The molecule has 1 aliphatic rings. The summed E-state index contributed by atoms with van der Waals surface area (Å²) in [5.74, 6) is -0.143. The molecular formula is C18H21FN2. The van der Waals surface area contributed by atoms with E-state index in [1.165, 1.54) is 5.56 Å². The second-order valence-electron chi connectivity index (χ2n) is 5.54. The van der Waals surface area contributed by atoms with Crippen LogP contribution < -0.4 is 10.2 Å². The minimum Gasteiger partial charge on any atom is -0.359 e. The molecule has 1 aliphatic heterocycles. The highest BCUT2D eigenvalue weighted by atomic mass is 19.1. The summed E-state index contributed by atoms with van der Waals surface area (Å²) < 4.78 is 14.2. The number of para-hydroxylation sites is 1. The maximum absolute atomic E-state index is 14.2. The number of anilines is 1. The number of piperazine rings is 1. The predicted molar refractivity (Wildman–Crippen MR) is 85.0 cm³/mol. The van der Waals surface area contributed by atoms with Gasteiger partial charge in [-0.25, -0.2) is 4.39 Å². The molecule has 2 nitrogen and oxygen atoms in total. The highest BCUT2D eigenvalue weighted by molar-refractivity contribution is 5.51. The van der Waals surface area contributed by atoms with Crippen LogP contribution in [0.4, 0.5) is 10.1 Å². The summed E-state index contributed by atoms with van der Waals surface area (Å²) in [5.41, 5.74) is 1.93. The third-order valence-electron chi connectivity index (χ3n) is 4.23. The van der Waals surface area contributed by atoms with Crippen molar-refractivity contribution < 1.29 is 4.39 Å². The fourth-order valence-corrected chi connectivity index (χ4v) is 3.02. The Bertz CT molecular complexity index is 585. The molecule has 2 aromatic rings. The summed E-state index contributed by atoms with van der Waals surface area (Å²) in [6.07, 6.45) is 1.05. The molecule has 0 bridgehead atoms. The lowest BCUT2D eigenvalue weighted by molar-refractivity contribution is 0.386. The molecule has 3 rings (SSSR count). The highest BCUT2D eigenvalue weighted by Crippen LogP contribution is 2.31. The van der Waals surface area contributed by atoms with Crippen LogP contribution >= 0.6 is 0 Å². The van der Waals surface area contributed by atoms with E-state index in [4.69, 9.17) is 0 Å². The van der Waals surface area contributed by atoms with Crippen LogP contribution in [0.15, 0.2) is 54.6 Å². The molecule has 0 aliphatic carbocycles. The van der Waals surface area contributed by atoms with Gasteiger partial charge in [-0.1, -0.05) is 49.4 Å². The molecule has 0 radical (unpaired) electrons. The summed E-state index contributed by atoms with van der Waals surface area (Å²) in [6, 6.07) is 18.0. The van der Waals surface area contributed by atoms with E-state index in [9.17, 15) is 4.39 Å². The van der Waals surface area contributed by atoms with Gasteiger partial charge in [0.2, 0.25) is 0 Å². The zero-order chi connectivity index (χ0) is 14.7. The van der Waals surface area contributed by atoms with Gasteiger partial charge in [0.05, 0.1) is 11.7 Å². The van der Waals surface area contributed by atoms with Crippen molar-refractivity contribution in [1.82, 2.24) is 5.32 Å². The number of benzene rings is 2. The number of rotatable bonds is 3. The number of nitrogens with one attached hydrogen (secondary N) is 1. The van der Waals surface area contributed by atoms with Gasteiger partial charge in [-0.15, -0.1) is 0 Å². The van der Waals surface area contributed by atoms with Crippen LogP contribution in [-0.2, 0) is 0 Å². The lowest BCUT2D eigenvalue weighted by atomic mass is 9.99. The van der Waals surface area contributed by atoms with Crippen LogP contribution in [-0.4, -0.2) is 19.1 Å². The zero-order valence-electron chi connectivity index (χ0n) is 12.3. The van der Waals surface area contributed by atoms with Crippen molar-refractivity contribution in [3.8, 4) is 0 Å².